The molecule has 1 rings (SSSR count). The predicted octanol–water partition coefficient (Wildman–Crippen LogP) is 2.67. The maximum absolute atomic E-state index is 12.8. The average Bonchev–Trinajstić information content (AvgIpc) is 2.36. The fourth-order valence-electron chi connectivity index (χ4n) is 1.58. The molecule has 0 aliphatic rings. The Morgan fingerprint density at radius 2 is 2.05 bits per heavy atom. The number of pyridine rings is 1. The molecule has 112 valence electrons. The van der Waals surface area contributed by atoms with Gasteiger partial charge < -0.3 is 10.5 Å². The van der Waals surface area contributed by atoms with Crippen molar-refractivity contribution in [1.29, 1.82) is 0 Å². The molecular weight excluding hydrogens is 287 g/mol. The van der Waals surface area contributed by atoms with Gasteiger partial charge in [-0.25, -0.2) is 18.6 Å². The molecule has 0 saturated heterocycles. The maximum Gasteiger partial charge on any atom is 0.418 e. The van der Waals surface area contributed by atoms with Crippen LogP contribution in [0.25, 0.3) is 0 Å². The second-order valence-electron chi connectivity index (χ2n) is 3.65. The number of carbonyl (C=O) groups is 1. The molecular formula is C11H11F5N2O2. The number of ether oxygens (including phenoxy) is 1. The fourth-order valence-corrected chi connectivity index (χ4v) is 1.58. The van der Waals surface area contributed by atoms with Crippen LogP contribution in [0.4, 0.5) is 22.0 Å². The van der Waals surface area contributed by atoms with Crippen molar-refractivity contribution in [2.45, 2.75) is 26.1 Å². The van der Waals surface area contributed by atoms with E-state index in [1.165, 1.54) is 6.92 Å². The Bertz CT molecular complexity index is 502. The van der Waals surface area contributed by atoms with Crippen LogP contribution in [-0.2, 0) is 17.5 Å². The van der Waals surface area contributed by atoms with E-state index in [2.05, 4.69) is 9.72 Å². The molecule has 0 fully saturated rings. The summed E-state index contributed by atoms with van der Waals surface area (Å²) in [4.78, 5) is 14.5. The summed E-state index contributed by atoms with van der Waals surface area (Å²) in [5.41, 5.74) is 0.739. The number of carbonyl (C=O) groups excluding carboxylic acids is 1. The Balaban J connectivity index is 3.51. The lowest BCUT2D eigenvalue weighted by Crippen LogP contribution is -2.20. The zero-order chi connectivity index (χ0) is 15.5. The summed E-state index contributed by atoms with van der Waals surface area (Å²) in [6.07, 6.45) is -8.54. The van der Waals surface area contributed by atoms with Gasteiger partial charge in [-0.2, -0.15) is 13.2 Å². The molecule has 4 nitrogen and oxygen atoms in total. The van der Waals surface area contributed by atoms with Gasteiger partial charge in [0.1, 0.15) is 11.4 Å². The largest absolute Gasteiger partial charge is 0.461 e. The van der Waals surface area contributed by atoms with Crippen molar-refractivity contribution in [3.8, 4) is 0 Å². The lowest BCUT2D eigenvalue weighted by atomic mass is 10.0. The van der Waals surface area contributed by atoms with E-state index in [1.807, 2.05) is 0 Å². The highest BCUT2D eigenvalue weighted by Gasteiger charge is 2.40. The van der Waals surface area contributed by atoms with Crippen LogP contribution in [0.1, 0.15) is 40.7 Å². The first-order chi connectivity index (χ1) is 9.22. The molecule has 0 unspecified atom stereocenters. The highest BCUT2D eigenvalue weighted by molar-refractivity contribution is 5.87. The maximum atomic E-state index is 12.8. The Hall–Kier alpha value is -1.77. The van der Waals surface area contributed by atoms with E-state index in [0.717, 1.165) is 0 Å². The molecule has 0 atom stereocenters. The SMILES string of the molecule is CCOC(=O)c1cc(CN)c(C(F)(F)F)c(C(F)F)n1. The minimum absolute atomic E-state index is 0.0660. The van der Waals surface area contributed by atoms with Gasteiger partial charge in [0.25, 0.3) is 6.43 Å². The van der Waals surface area contributed by atoms with Gasteiger partial charge in [0.15, 0.2) is 0 Å². The van der Waals surface area contributed by atoms with E-state index in [1.54, 1.807) is 0 Å². The molecule has 0 aliphatic carbocycles. The Morgan fingerprint density at radius 3 is 2.45 bits per heavy atom. The number of nitrogens with zero attached hydrogens (tertiary/aromatic N) is 1. The van der Waals surface area contributed by atoms with Crippen molar-refractivity contribution in [3.63, 3.8) is 0 Å². The number of rotatable bonds is 4. The Labute approximate surface area is 110 Å². The molecule has 0 aromatic carbocycles. The van der Waals surface area contributed by atoms with Gasteiger partial charge in [0, 0.05) is 6.54 Å². The summed E-state index contributed by atoms with van der Waals surface area (Å²) in [7, 11) is 0. The van der Waals surface area contributed by atoms with Crippen LogP contribution in [0.2, 0.25) is 0 Å². The van der Waals surface area contributed by atoms with E-state index in [-0.39, 0.29) is 6.61 Å². The minimum atomic E-state index is -5.04. The second kappa shape index (κ2) is 6.12. The number of nitrogens with two attached hydrogens (primary N) is 1. The van der Waals surface area contributed by atoms with Crippen molar-refractivity contribution in [2.75, 3.05) is 6.61 Å². The Morgan fingerprint density at radius 1 is 1.45 bits per heavy atom. The number of halogens is 5. The molecule has 0 aliphatic heterocycles. The summed E-state index contributed by atoms with van der Waals surface area (Å²) < 4.78 is 68.4. The summed E-state index contributed by atoms with van der Waals surface area (Å²) >= 11 is 0. The molecule has 20 heavy (non-hydrogen) atoms. The van der Waals surface area contributed by atoms with Crippen molar-refractivity contribution < 1.29 is 31.5 Å². The third-order valence-corrected chi connectivity index (χ3v) is 2.32. The van der Waals surface area contributed by atoms with Crippen LogP contribution >= 0.6 is 0 Å². The van der Waals surface area contributed by atoms with Crippen LogP contribution < -0.4 is 5.73 Å². The average molecular weight is 298 g/mol. The van der Waals surface area contributed by atoms with E-state index >= 15 is 0 Å². The highest BCUT2D eigenvalue weighted by Crippen LogP contribution is 2.38. The highest BCUT2D eigenvalue weighted by atomic mass is 19.4. The van der Waals surface area contributed by atoms with Gasteiger partial charge in [-0.1, -0.05) is 0 Å². The van der Waals surface area contributed by atoms with Crippen LogP contribution in [-0.4, -0.2) is 17.6 Å². The molecule has 0 amide bonds. The molecule has 1 aromatic heterocycles. The monoisotopic (exact) mass is 298 g/mol. The lowest BCUT2D eigenvalue weighted by molar-refractivity contribution is -0.140. The standard InChI is InChI=1S/C11H11F5N2O2/c1-2-20-10(19)6-3-5(4-17)7(11(14,15)16)8(18-6)9(12)13/h3,9H,2,4,17H2,1H3. The first-order valence-electron chi connectivity index (χ1n) is 5.48. The molecule has 0 saturated carbocycles. The Kier molecular flexibility index (Phi) is 4.98. The van der Waals surface area contributed by atoms with E-state index in [9.17, 15) is 26.7 Å². The van der Waals surface area contributed by atoms with E-state index < -0.39 is 47.6 Å². The first-order valence-corrected chi connectivity index (χ1v) is 5.48. The number of esters is 1. The van der Waals surface area contributed by atoms with Crippen LogP contribution in [0.15, 0.2) is 6.07 Å². The van der Waals surface area contributed by atoms with Crippen LogP contribution in [0.3, 0.4) is 0 Å². The van der Waals surface area contributed by atoms with Gasteiger partial charge in [0.05, 0.1) is 12.2 Å². The van der Waals surface area contributed by atoms with Crippen molar-refractivity contribution in [2.24, 2.45) is 5.73 Å². The zero-order valence-electron chi connectivity index (χ0n) is 10.3. The number of hydrogen-bond donors (Lipinski definition) is 1. The first kappa shape index (κ1) is 16.3. The van der Waals surface area contributed by atoms with Crippen molar-refractivity contribution >= 4 is 5.97 Å². The topological polar surface area (TPSA) is 65.2 Å². The number of hydrogen-bond acceptors (Lipinski definition) is 4. The molecule has 2 N–H and O–H groups in total. The van der Waals surface area contributed by atoms with Gasteiger partial charge in [-0.05, 0) is 18.6 Å². The number of aromatic nitrogens is 1. The third kappa shape index (κ3) is 3.41. The second-order valence-corrected chi connectivity index (χ2v) is 3.65. The summed E-state index contributed by atoms with van der Waals surface area (Å²) in [6.45, 7) is 0.729. The fraction of sp³-hybridized carbons (Fsp3) is 0.455. The summed E-state index contributed by atoms with van der Waals surface area (Å²) in [6, 6.07) is 0.715. The van der Waals surface area contributed by atoms with Crippen LogP contribution in [0, 0.1) is 0 Å². The third-order valence-electron chi connectivity index (χ3n) is 2.32. The molecule has 0 spiro atoms. The quantitative estimate of drug-likeness (QED) is 0.685. The molecule has 9 heteroatoms. The number of alkyl halides is 5. The van der Waals surface area contributed by atoms with E-state index in [0.29, 0.717) is 6.07 Å². The normalized spacial score (nSPS) is 11.8. The molecule has 1 heterocycles. The van der Waals surface area contributed by atoms with Crippen molar-refractivity contribution in [1.82, 2.24) is 4.98 Å². The molecule has 0 radical (unpaired) electrons. The summed E-state index contributed by atoms with van der Waals surface area (Å²) in [5.74, 6) is -1.09. The van der Waals surface area contributed by atoms with Gasteiger partial charge in [0.2, 0.25) is 0 Å². The lowest BCUT2D eigenvalue weighted by Gasteiger charge is -2.16. The molecule has 1 aromatic rings. The van der Waals surface area contributed by atoms with Gasteiger partial charge in [-0.15, -0.1) is 0 Å². The summed E-state index contributed by atoms with van der Waals surface area (Å²) in [5, 5.41) is 0. The van der Waals surface area contributed by atoms with Gasteiger partial charge in [-0.3, -0.25) is 0 Å². The van der Waals surface area contributed by atoms with E-state index in [4.69, 9.17) is 5.73 Å². The minimum Gasteiger partial charge on any atom is -0.461 e. The predicted molar refractivity (Wildman–Crippen MR) is 58.0 cm³/mol. The van der Waals surface area contributed by atoms with Crippen molar-refractivity contribution in [3.05, 3.63) is 28.6 Å². The molecule has 0 bridgehead atoms. The smallest absolute Gasteiger partial charge is 0.418 e. The van der Waals surface area contributed by atoms with Gasteiger partial charge >= 0.3 is 12.1 Å². The zero-order valence-corrected chi connectivity index (χ0v) is 10.3. The van der Waals surface area contributed by atoms with Crippen LogP contribution in [0.5, 0.6) is 0 Å².